The van der Waals surface area contributed by atoms with Crippen molar-refractivity contribution in [2.45, 2.75) is 62.4 Å². The standard InChI is InChI=1S/C29H37N3O3S/c1-35-29-17-15-25(36(33,34)32-19-9-4-10-20-32)21-26(29)27-16-14-24(30-27)22-31-18-8-3-7-13-28(31)23-11-5-2-6-12-23/h2,5-6,11-12,14-17,21,28,30H,3-4,7-10,13,18-20,22H2,1H3. The smallest absolute Gasteiger partial charge is 0.243 e. The van der Waals surface area contributed by atoms with Crippen molar-refractivity contribution in [3.8, 4) is 17.0 Å². The van der Waals surface area contributed by atoms with Crippen molar-refractivity contribution in [1.82, 2.24) is 14.2 Å². The van der Waals surface area contributed by atoms with Gasteiger partial charge in [-0.05, 0) is 68.1 Å². The van der Waals surface area contributed by atoms with E-state index in [1.807, 2.05) is 6.07 Å². The van der Waals surface area contributed by atoms with E-state index < -0.39 is 10.0 Å². The number of nitrogens with zero attached hydrogens (tertiary/aromatic N) is 2. The molecule has 192 valence electrons. The zero-order chi connectivity index (χ0) is 25.0. The van der Waals surface area contributed by atoms with Crippen molar-refractivity contribution in [2.75, 3.05) is 26.7 Å². The molecule has 1 atom stereocenters. The van der Waals surface area contributed by atoms with Gasteiger partial charge in [0.2, 0.25) is 10.0 Å². The monoisotopic (exact) mass is 507 g/mol. The Balaban J connectivity index is 1.41. The van der Waals surface area contributed by atoms with E-state index in [0.717, 1.165) is 49.3 Å². The van der Waals surface area contributed by atoms with Crippen LogP contribution in [0.4, 0.5) is 0 Å². The minimum absolute atomic E-state index is 0.327. The molecule has 2 aromatic carbocycles. The first-order chi connectivity index (χ1) is 17.6. The lowest BCUT2D eigenvalue weighted by atomic mass is 10.0. The molecular weight excluding hydrogens is 470 g/mol. The summed E-state index contributed by atoms with van der Waals surface area (Å²) in [7, 11) is -1.89. The molecular formula is C29H37N3O3S. The maximum atomic E-state index is 13.3. The number of H-pyrrole nitrogens is 1. The molecule has 2 aliphatic heterocycles. The maximum absolute atomic E-state index is 13.3. The molecule has 0 saturated carbocycles. The van der Waals surface area contributed by atoms with Crippen LogP contribution in [0, 0.1) is 0 Å². The summed E-state index contributed by atoms with van der Waals surface area (Å²) in [5.41, 5.74) is 4.16. The number of hydrogen-bond donors (Lipinski definition) is 1. The number of ether oxygens (including phenoxy) is 1. The second kappa shape index (κ2) is 11.2. The molecule has 0 bridgehead atoms. The van der Waals surface area contributed by atoms with Crippen molar-refractivity contribution in [3.63, 3.8) is 0 Å². The van der Waals surface area contributed by atoms with Crippen molar-refractivity contribution in [3.05, 3.63) is 71.9 Å². The summed E-state index contributed by atoms with van der Waals surface area (Å²) in [6.45, 7) is 3.08. The molecule has 1 N–H and O–H groups in total. The molecule has 3 aromatic rings. The van der Waals surface area contributed by atoms with Crippen LogP contribution >= 0.6 is 0 Å². The largest absolute Gasteiger partial charge is 0.496 e. The summed E-state index contributed by atoms with van der Waals surface area (Å²) in [5.74, 6) is 0.665. The molecule has 6 nitrogen and oxygen atoms in total. The number of rotatable bonds is 7. The number of nitrogens with one attached hydrogen (secondary N) is 1. The molecule has 0 amide bonds. The van der Waals surface area contributed by atoms with Crippen molar-refractivity contribution in [1.29, 1.82) is 0 Å². The molecule has 1 aromatic heterocycles. The number of methoxy groups -OCH3 is 1. The number of likely N-dealkylation sites (tertiary alicyclic amines) is 1. The van der Waals surface area contributed by atoms with Crippen LogP contribution in [0.2, 0.25) is 0 Å². The van der Waals surface area contributed by atoms with E-state index >= 15 is 0 Å². The van der Waals surface area contributed by atoms with Crippen molar-refractivity contribution in [2.24, 2.45) is 0 Å². The highest BCUT2D eigenvalue weighted by atomic mass is 32.2. The summed E-state index contributed by atoms with van der Waals surface area (Å²) < 4.78 is 33.9. The predicted octanol–water partition coefficient (Wildman–Crippen LogP) is 5.98. The van der Waals surface area contributed by atoms with Crippen LogP contribution in [-0.4, -0.2) is 49.4 Å². The van der Waals surface area contributed by atoms with Gasteiger partial charge in [0, 0.05) is 42.6 Å². The second-order valence-electron chi connectivity index (χ2n) is 9.97. The second-order valence-corrected chi connectivity index (χ2v) is 11.9. The lowest BCUT2D eigenvalue weighted by molar-refractivity contribution is 0.190. The summed E-state index contributed by atoms with van der Waals surface area (Å²) in [5, 5.41) is 0. The average Bonchev–Trinajstić information content (AvgIpc) is 3.26. The first kappa shape index (κ1) is 25.1. The Labute approximate surface area is 215 Å². The van der Waals surface area contributed by atoms with E-state index in [1.54, 1.807) is 29.6 Å². The molecule has 36 heavy (non-hydrogen) atoms. The molecule has 2 aliphatic rings. The molecule has 7 heteroatoms. The van der Waals surface area contributed by atoms with Gasteiger partial charge in [0.15, 0.2) is 0 Å². The molecule has 0 spiro atoms. The van der Waals surface area contributed by atoms with Crippen LogP contribution in [0.1, 0.15) is 62.2 Å². The van der Waals surface area contributed by atoms with E-state index in [1.165, 1.54) is 31.2 Å². The fourth-order valence-corrected chi connectivity index (χ4v) is 7.17. The van der Waals surface area contributed by atoms with E-state index in [-0.39, 0.29) is 0 Å². The zero-order valence-corrected chi connectivity index (χ0v) is 22.0. The van der Waals surface area contributed by atoms with Gasteiger partial charge in [-0.3, -0.25) is 4.90 Å². The SMILES string of the molecule is COc1ccc(S(=O)(=O)N2CCCCC2)cc1-c1ccc(CN2CCCCCC2c2ccccc2)[nH]1. The van der Waals surface area contributed by atoms with E-state index in [9.17, 15) is 8.42 Å². The normalized spacial score (nSPS) is 20.2. The fourth-order valence-electron chi connectivity index (χ4n) is 5.63. The third-order valence-corrected chi connectivity index (χ3v) is 9.48. The summed E-state index contributed by atoms with van der Waals surface area (Å²) >= 11 is 0. The van der Waals surface area contributed by atoms with Crippen LogP contribution in [0.25, 0.3) is 11.3 Å². The van der Waals surface area contributed by atoms with Gasteiger partial charge in [-0.1, -0.05) is 49.6 Å². The minimum Gasteiger partial charge on any atom is -0.496 e. The van der Waals surface area contributed by atoms with Crippen LogP contribution in [0.3, 0.4) is 0 Å². The Morgan fingerprint density at radius 2 is 1.64 bits per heavy atom. The molecule has 2 saturated heterocycles. The summed E-state index contributed by atoms with van der Waals surface area (Å²) in [6.07, 6.45) is 7.83. The van der Waals surface area contributed by atoms with Gasteiger partial charge in [-0.2, -0.15) is 4.31 Å². The number of aromatic amines is 1. The van der Waals surface area contributed by atoms with Gasteiger partial charge < -0.3 is 9.72 Å². The summed E-state index contributed by atoms with van der Waals surface area (Å²) in [6, 6.07) is 20.6. The maximum Gasteiger partial charge on any atom is 0.243 e. The number of aromatic nitrogens is 1. The number of benzene rings is 2. The van der Waals surface area contributed by atoms with E-state index in [2.05, 4.69) is 46.3 Å². The Morgan fingerprint density at radius 3 is 2.42 bits per heavy atom. The molecule has 5 rings (SSSR count). The van der Waals surface area contributed by atoms with Gasteiger partial charge >= 0.3 is 0 Å². The highest BCUT2D eigenvalue weighted by Crippen LogP contribution is 2.35. The Morgan fingerprint density at radius 1 is 0.889 bits per heavy atom. The topological polar surface area (TPSA) is 65.6 Å². The summed E-state index contributed by atoms with van der Waals surface area (Å²) in [4.78, 5) is 6.47. The lowest BCUT2D eigenvalue weighted by Crippen LogP contribution is -2.35. The predicted molar refractivity (Wildman–Crippen MR) is 143 cm³/mol. The number of hydrogen-bond acceptors (Lipinski definition) is 4. The average molecular weight is 508 g/mol. The first-order valence-corrected chi connectivity index (χ1v) is 14.7. The molecule has 2 fully saturated rings. The quantitative estimate of drug-likeness (QED) is 0.427. The van der Waals surface area contributed by atoms with Gasteiger partial charge in [-0.15, -0.1) is 0 Å². The zero-order valence-electron chi connectivity index (χ0n) is 21.2. The van der Waals surface area contributed by atoms with Gasteiger partial charge in [0.1, 0.15) is 5.75 Å². The van der Waals surface area contributed by atoms with Crippen LogP contribution in [0.5, 0.6) is 5.75 Å². The van der Waals surface area contributed by atoms with Gasteiger partial charge in [-0.25, -0.2) is 8.42 Å². The van der Waals surface area contributed by atoms with Crippen LogP contribution < -0.4 is 4.74 Å². The number of piperidine rings is 1. The third-order valence-electron chi connectivity index (χ3n) is 7.58. The Hall–Kier alpha value is -2.61. The minimum atomic E-state index is -3.52. The fraction of sp³-hybridized carbons (Fsp3) is 0.448. The highest BCUT2D eigenvalue weighted by molar-refractivity contribution is 7.89. The Kier molecular flexibility index (Phi) is 7.79. The molecule has 0 aliphatic carbocycles. The van der Waals surface area contributed by atoms with E-state index in [4.69, 9.17) is 4.74 Å². The van der Waals surface area contributed by atoms with E-state index in [0.29, 0.717) is 29.8 Å². The van der Waals surface area contributed by atoms with Gasteiger partial charge in [0.25, 0.3) is 0 Å². The third kappa shape index (κ3) is 5.38. The van der Waals surface area contributed by atoms with Gasteiger partial charge in [0.05, 0.1) is 12.0 Å². The Bertz CT molecular complexity index is 1250. The molecule has 0 radical (unpaired) electrons. The number of sulfonamides is 1. The molecule has 1 unspecified atom stereocenters. The molecule has 3 heterocycles. The highest BCUT2D eigenvalue weighted by Gasteiger charge is 2.27. The van der Waals surface area contributed by atoms with Crippen molar-refractivity contribution >= 4 is 10.0 Å². The van der Waals surface area contributed by atoms with Crippen LogP contribution in [0.15, 0.2) is 65.6 Å². The van der Waals surface area contributed by atoms with Crippen LogP contribution in [-0.2, 0) is 16.6 Å². The van der Waals surface area contributed by atoms with Crippen molar-refractivity contribution < 1.29 is 13.2 Å². The first-order valence-electron chi connectivity index (χ1n) is 13.2. The lowest BCUT2D eigenvalue weighted by Gasteiger charge is -2.30.